The van der Waals surface area contributed by atoms with Gasteiger partial charge in [0.15, 0.2) is 0 Å². The summed E-state index contributed by atoms with van der Waals surface area (Å²) in [4.78, 5) is 0. The van der Waals surface area contributed by atoms with E-state index in [0.717, 1.165) is 19.7 Å². The Labute approximate surface area is 69.3 Å². The molecule has 1 aliphatic rings. The third kappa shape index (κ3) is 1.74. The normalized spacial score (nSPS) is 33.8. The molecule has 1 fully saturated rings. The topological polar surface area (TPSA) is 21.3 Å². The van der Waals surface area contributed by atoms with Gasteiger partial charge in [0.25, 0.3) is 0 Å². The Hall–Kier alpha value is -0.0800. The van der Waals surface area contributed by atoms with E-state index >= 15 is 0 Å². The van der Waals surface area contributed by atoms with Gasteiger partial charge in [-0.2, -0.15) is 0 Å². The van der Waals surface area contributed by atoms with Gasteiger partial charge in [0, 0.05) is 13.1 Å². The number of hydrogen-bond acceptors (Lipinski definition) is 2. The third-order valence-corrected chi connectivity index (χ3v) is 2.75. The van der Waals surface area contributed by atoms with Gasteiger partial charge in [0.1, 0.15) is 0 Å². The summed E-state index contributed by atoms with van der Waals surface area (Å²) in [6.45, 7) is 11.6. The van der Waals surface area contributed by atoms with Crippen LogP contribution >= 0.6 is 0 Å². The standard InChI is InChI=1S/C9H19NO/c1-8(2,3)9(4)7-10-5-6-11-9/h10H,5-7H2,1-4H3/t9-/m1/s1. The van der Waals surface area contributed by atoms with E-state index in [2.05, 4.69) is 33.0 Å². The van der Waals surface area contributed by atoms with Crippen molar-refractivity contribution in [2.24, 2.45) is 5.41 Å². The fourth-order valence-corrected chi connectivity index (χ4v) is 1.21. The molecule has 2 heteroatoms. The van der Waals surface area contributed by atoms with Gasteiger partial charge in [-0.3, -0.25) is 0 Å². The SMILES string of the molecule is CC(C)(C)[C@@]1(C)CNCCO1. The Morgan fingerprint density at radius 3 is 2.27 bits per heavy atom. The number of morpholine rings is 1. The van der Waals surface area contributed by atoms with Crippen molar-refractivity contribution in [2.45, 2.75) is 33.3 Å². The summed E-state index contributed by atoms with van der Waals surface area (Å²) in [6, 6.07) is 0. The third-order valence-electron chi connectivity index (χ3n) is 2.75. The molecule has 0 spiro atoms. The largest absolute Gasteiger partial charge is 0.372 e. The molecule has 0 radical (unpaired) electrons. The first-order chi connectivity index (χ1) is 4.96. The van der Waals surface area contributed by atoms with E-state index in [0.29, 0.717) is 0 Å². The van der Waals surface area contributed by atoms with E-state index in [-0.39, 0.29) is 11.0 Å². The van der Waals surface area contributed by atoms with Crippen molar-refractivity contribution < 1.29 is 4.74 Å². The van der Waals surface area contributed by atoms with Crippen molar-refractivity contribution in [3.63, 3.8) is 0 Å². The molecule has 0 aromatic heterocycles. The number of ether oxygens (including phenoxy) is 1. The maximum atomic E-state index is 5.77. The first kappa shape index (κ1) is 9.01. The van der Waals surface area contributed by atoms with E-state index in [4.69, 9.17) is 4.74 Å². The van der Waals surface area contributed by atoms with Crippen LogP contribution in [0, 0.1) is 5.41 Å². The number of rotatable bonds is 0. The van der Waals surface area contributed by atoms with E-state index in [1.165, 1.54) is 0 Å². The van der Waals surface area contributed by atoms with E-state index in [1.807, 2.05) is 0 Å². The quantitative estimate of drug-likeness (QED) is 0.574. The van der Waals surface area contributed by atoms with Crippen LogP contribution in [0.4, 0.5) is 0 Å². The van der Waals surface area contributed by atoms with Crippen LogP contribution in [0.3, 0.4) is 0 Å². The minimum absolute atomic E-state index is 0.00521. The van der Waals surface area contributed by atoms with Crippen LogP contribution in [0.5, 0.6) is 0 Å². The highest BCUT2D eigenvalue weighted by atomic mass is 16.5. The van der Waals surface area contributed by atoms with Gasteiger partial charge in [-0.05, 0) is 12.3 Å². The molecule has 1 heterocycles. The van der Waals surface area contributed by atoms with Crippen LogP contribution < -0.4 is 5.32 Å². The molecule has 0 aliphatic carbocycles. The molecule has 66 valence electrons. The molecule has 0 unspecified atom stereocenters. The summed E-state index contributed by atoms with van der Waals surface area (Å²) < 4.78 is 5.77. The predicted octanol–water partition coefficient (Wildman–Crippen LogP) is 1.41. The summed E-state index contributed by atoms with van der Waals surface area (Å²) in [5.74, 6) is 0. The van der Waals surface area contributed by atoms with Gasteiger partial charge in [0.2, 0.25) is 0 Å². The molecule has 0 aromatic carbocycles. The van der Waals surface area contributed by atoms with Crippen LogP contribution in [0.1, 0.15) is 27.7 Å². The Balaban J connectivity index is 2.64. The van der Waals surface area contributed by atoms with Gasteiger partial charge in [0.05, 0.1) is 12.2 Å². The average Bonchev–Trinajstić information content (AvgIpc) is 1.87. The maximum Gasteiger partial charge on any atom is 0.0826 e. The molecule has 2 nitrogen and oxygen atoms in total. The lowest BCUT2D eigenvalue weighted by Crippen LogP contribution is -2.55. The van der Waals surface area contributed by atoms with Crippen molar-refractivity contribution in [3.05, 3.63) is 0 Å². The second-order valence-electron chi connectivity index (χ2n) is 4.51. The Kier molecular flexibility index (Phi) is 2.26. The summed E-state index contributed by atoms with van der Waals surface area (Å²) in [7, 11) is 0. The van der Waals surface area contributed by atoms with Gasteiger partial charge < -0.3 is 10.1 Å². The van der Waals surface area contributed by atoms with Crippen LogP contribution in [0.15, 0.2) is 0 Å². The molecule has 0 bridgehead atoms. The highest BCUT2D eigenvalue weighted by Gasteiger charge is 2.39. The maximum absolute atomic E-state index is 5.77. The summed E-state index contributed by atoms with van der Waals surface area (Å²) in [5, 5.41) is 3.36. The first-order valence-electron chi connectivity index (χ1n) is 4.30. The van der Waals surface area contributed by atoms with E-state index in [1.54, 1.807) is 0 Å². The Bertz CT molecular complexity index is 131. The van der Waals surface area contributed by atoms with Crippen molar-refractivity contribution in [1.29, 1.82) is 0 Å². The molecule has 1 rings (SSSR count). The van der Waals surface area contributed by atoms with Gasteiger partial charge >= 0.3 is 0 Å². The predicted molar refractivity (Wildman–Crippen MR) is 46.7 cm³/mol. The molecule has 0 aromatic rings. The lowest BCUT2D eigenvalue weighted by atomic mass is 9.77. The minimum Gasteiger partial charge on any atom is -0.372 e. The van der Waals surface area contributed by atoms with Gasteiger partial charge in [-0.15, -0.1) is 0 Å². The second kappa shape index (κ2) is 2.76. The molecular formula is C9H19NO. The lowest BCUT2D eigenvalue weighted by molar-refractivity contribution is -0.119. The van der Waals surface area contributed by atoms with Crippen molar-refractivity contribution >= 4 is 0 Å². The van der Waals surface area contributed by atoms with Gasteiger partial charge in [-0.1, -0.05) is 20.8 Å². The first-order valence-corrected chi connectivity index (χ1v) is 4.30. The van der Waals surface area contributed by atoms with Crippen LogP contribution in [-0.4, -0.2) is 25.3 Å². The molecule has 1 saturated heterocycles. The summed E-state index contributed by atoms with van der Waals surface area (Å²) in [5.41, 5.74) is 0.228. The Morgan fingerprint density at radius 1 is 1.36 bits per heavy atom. The average molecular weight is 157 g/mol. The molecular weight excluding hydrogens is 138 g/mol. The van der Waals surface area contributed by atoms with Gasteiger partial charge in [-0.25, -0.2) is 0 Å². The smallest absolute Gasteiger partial charge is 0.0826 e. The molecule has 1 aliphatic heterocycles. The second-order valence-corrected chi connectivity index (χ2v) is 4.51. The van der Waals surface area contributed by atoms with Crippen LogP contribution in [-0.2, 0) is 4.74 Å². The minimum atomic E-state index is 0.00521. The van der Waals surface area contributed by atoms with E-state index < -0.39 is 0 Å². The lowest BCUT2D eigenvalue weighted by Gasteiger charge is -2.44. The molecule has 0 amide bonds. The number of nitrogens with one attached hydrogen (secondary N) is 1. The highest BCUT2D eigenvalue weighted by molar-refractivity contribution is 4.92. The zero-order valence-electron chi connectivity index (χ0n) is 8.03. The summed E-state index contributed by atoms with van der Waals surface area (Å²) >= 11 is 0. The fourth-order valence-electron chi connectivity index (χ4n) is 1.21. The zero-order chi connectivity index (χ0) is 8.54. The van der Waals surface area contributed by atoms with Crippen molar-refractivity contribution in [2.75, 3.05) is 19.7 Å². The molecule has 0 saturated carbocycles. The van der Waals surface area contributed by atoms with Crippen molar-refractivity contribution in [3.8, 4) is 0 Å². The highest BCUT2D eigenvalue weighted by Crippen LogP contribution is 2.33. The van der Waals surface area contributed by atoms with Crippen LogP contribution in [0.25, 0.3) is 0 Å². The summed E-state index contributed by atoms with van der Waals surface area (Å²) in [6.07, 6.45) is 0. The monoisotopic (exact) mass is 157 g/mol. The van der Waals surface area contributed by atoms with Crippen molar-refractivity contribution in [1.82, 2.24) is 5.32 Å². The Morgan fingerprint density at radius 2 is 2.00 bits per heavy atom. The zero-order valence-corrected chi connectivity index (χ0v) is 8.03. The molecule has 1 N–H and O–H groups in total. The molecule has 11 heavy (non-hydrogen) atoms. The van der Waals surface area contributed by atoms with E-state index in [9.17, 15) is 0 Å². The number of hydrogen-bond donors (Lipinski definition) is 1. The fraction of sp³-hybridized carbons (Fsp3) is 1.00. The van der Waals surface area contributed by atoms with Crippen LogP contribution in [0.2, 0.25) is 0 Å². The molecule has 1 atom stereocenters.